The van der Waals surface area contributed by atoms with Crippen molar-refractivity contribution in [3.8, 4) is 0 Å². The Balaban J connectivity index is 1.64. The molecule has 1 fully saturated rings. The lowest BCUT2D eigenvalue weighted by Gasteiger charge is -2.12. The van der Waals surface area contributed by atoms with Gasteiger partial charge in [-0.15, -0.1) is 0 Å². The van der Waals surface area contributed by atoms with Crippen LogP contribution in [-0.4, -0.2) is 35.5 Å². The van der Waals surface area contributed by atoms with E-state index in [1.165, 1.54) is 11.3 Å². The van der Waals surface area contributed by atoms with E-state index in [2.05, 4.69) is 10.6 Å². The summed E-state index contributed by atoms with van der Waals surface area (Å²) in [5.41, 5.74) is 0.598. The van der Waals surface area contributed by atoms with Crippen LogP contribution in [0.3, 0.4) is 0 Å². The molecule has 0 saturated heterocycles. The van der Waals surface area contributed by atoms with Gasteiger partial charge < -0.3 is 15.7 Å². The number of hydrogen-bond donors (Lipinski definition) is 3. The number of carboxylic acid groups (broad SMARTS) is 1. The van der Waals surface area contributed by atoms with Crippen molar-refractivity contribution in [2.75, 3.05) is 6.54 Å². The molecule has 1 aliphatic rings. The standard InChI is InChI=1S/C14H18N2O4S/c17-12(16-11-2-1-9(7-11)14(19)20)3-5-15-13(18)10-4-6-21-8-10/h4,6,8-9,11H,1-3,5,7H2,(H,15,18)(H,16,17)(H,19,20)/t9-,11+/m1/s1. The maximum atomic E-state index is 11.7. The molecule has 6 nitrogen and oxygen atoms in total. The van der Waals surface area contributed by atoms with Gasteiger partial charge in [0, 0.05) is 30.0 Å². The lowest BCUT2D eigenvalue weighted by Crippen LogP contribution is -2.36. The largest absolute Gasteiger partial charge is 0.481 e. The molecule has 21 heavy (non-hydrogen) atoms. The lowest BCUT2D eigenvalue weighted by molar-refractivity contribution is -0.141. The molecular weight excluding hydrogens is 292 g/mol. The van der Waals surface area contributed by atoms with Gasteiger partial charge in [0.2, 0.25) is 5.91 Å². The zero-order chi connectivity index (χ0) is 15.2. The van der Waals surface area contributed by atoms with Crippen molar-refractivity contribution in [2.45, 2.75) is 31.7 Å². The number of thiophene rings is 1. The Labute approximate surface area is 126 Å². The summed E-state index contributed by atoms with van der Waals surface area (Å²) in [6.45, 7) is 0.273. The van der Waals surface area contributed by atoms with Gasteiger partial charge in [-0.3, -0.25) is 14.4 Å². The Kier molecular flexibility index (Phi) is 5.32. The van der Waals surface area contributed by atoms with Crippen LogP contribution in [0.25, 0.3) is 0 Å². The average molecular weight is 310 g/mol. The number of carbonyl (C=O) groups is 3. The first-order valence-electron chi connectivity index (χ1n) is 6.89. The number of hydrogen-bond acceptors (Lipinski definition) is 4. The maximum Gasteiger partial charge on any atom is 0.306 e. The average Bonchev–Trinajstić information content (AvgIpc) is 3.09. The zero-order valence-corrected chi connectivity index (χ0v) is 12.3. The fourth-order valence-corrected chi connectivity index (χ4v) is 3.06. The minimum absolute atomic E-state index is 0.0637. The Morgan fingerprint density at radius 2 is 2.14 bits per heavy atom. The second-order valence-corrected chi connectivity index (χ2v) is 5.91. The van der Waals surface area contributed by atoms with Gasteiger partial charge >= 0.3 is 5.97 Å². The predicted molar refractivity (Wildman–Crippen MR) is 78.2 cm³/mol. The molecule has 0 spiro atoms. The van der Waals surface area contributed by atoms with Crippen molar-refractivity contribution in [1.29, 1.82) is 0 Å². The summed E-state index contributed by atoms with van der Waals surface area (Å²) in [6.07, 6.45) is 1.99. The monoisotopic (exact) mass is 310 g/mol. The van der Waals surface area contributed by atoms with Crippen molar-refractivity contribution < 1.29 is 19.5 Å². The lowest BCUT2D eigenvalue weighted by atomic mass is 10.1. The Hall–Kier alpha value is -1.89. The summed E-state index contributed by atoms with van der Waals surface area (Å²) < 4.78 is 0. The molecule has 7 heteroatoms. The van der Waals surface area contributed by atoms with Crippen molar-refractivity contribution >= 4 is 29.1 Å². The number of carbonyl (C=O) groups excluding carboxylic acids is 2. The van der Waals surface area contributed by atoms with Gasteiger partial charge in [-0.05, 0) is 30.7 Å². The molecule has 1 aromatic heterocycles. The number of nitrogens with one attached hydrogen (secondary N) is 2. The molecule has 1 saturated carbocycles. The summed E-state index contributed by atoms with van der Waals surface area (Å²) in [5, 5.41) is 18.0. The quantitative estimate of drug-likeness (QED) is 0.736. The second-order valence-electron chi connectivity index (χ2n) is 5.13. The van der Waals surface area contributed by atoms with Gasteiger partial charge in [-0.1, -0.05) is 0 Å². The van der Waals surface area contributed by atoms with Crippen LogP contribution < -0.4 is 10.6 Å². The van der Waals surface area contributed by atoms with Crippen LogP contribution in [0, 0.1) is 5.92 Å². The van der Waals surface area contributed by atoms with Crippen molar-refractivity contribution in [2.24, 2.45) is 5.92 Å². The number of amides is 2. The van der Waals surface area contributed by atoms with E-state index in [1.807, 2.05) is 5.38 Å². The van der Waals surface area contributed by atoms with Gasteiger partial charge in [0.15, 0.2) is 0 Å². The van der Waals surface area contributed by atoms with Crippen LogP contribution in [0.4, 0.5) is 0 Å². The Morgan fingerprint density at radius 3 is 2.76 bits per heavy atom. The molecule has 0 radical (unpaired) electrons. The molecular formula is C14H18N2O4S. The minimum atomic E-state index is -0.797. The van der Waals surface area contributed by atoms with Crippen LogP contribution in [0.15, 0.2) is 16.8 Å². The van der Waals surface area contributed by atoms with E-state index in [9.17, 15) is 14.4 Å². The summed E-state index contributed by atoms with van der Waals surface area (Å²) in [4.78, 5) is 34.2. The number of aliphatic carboxylic acids is 1. The van der Waals surface area contributed by atoms with Crippen LogP contribution in [-0.2, 0) is 9.59 Å². The third-order valence-corrected chi connectivity index (χ3v) is 4.25. The molecule has 0 unspecified atom stereocenters. The van der Waals surface area contributed by atoms with E-state index >= 15 is 0 Å². The van der Waals surface area contributed by atoms with Crippen LogP contribution >= 0.6 is 11.3 Å². The first kappa shape index (κ1) is 15.5. The van der Waals surface area contributed by atoms with Crippen molar-refractivity contribution in [3.05, 3.63) is 22.4 Å². The molecule has 2 amide bonds. The highest BCUT2D eigenvalue weighted by Crippen LogP contribution is 2.25. The fourth-order valence-electron chi connectivity index (χ4n) is 2.42. The van der Waals surface area contributed by atoms with E-state index in [-0.39, 0.29) is 36.7 Å². The van der Waals surface area contributed by atoms with E-state index in [0.717, 1.165) is 0 Å². The summed E-state index contributed by atoms with van der Waals surface area (Å²) in [7, 11) is 0. The first-order valence-corrected chi connectivity index (χ1v) is 7.83. The van der Waals surface area contributed by atoms with E-state index < -0.39 is 5.97 Å². The van der Waals surface area contributed by atoms with E-state index in [1.54, 1.807) is 11.4 Å². The summed E-state index contributed by atoms with van der Waals surface area (Å²) in [5.74, 6) is -1.49. The normalized spacial score (nSPS) is 21.0. The number of carboxylic acids is 1. The molecule has 2 rings (SSSR count). The smallest absolute Gasteiger partial charge is 0.306 e. The third-order valence-electron chi connectivity index (χ3n) is 3.57. The van der Waals surface area contributed by atoms with E-state index in [0.29, 0.717) is 24.8 Å². The second kappa shape index (κ2) is 7.21. The molecule has 114 valence electrons. The van der Waals surface area contributed by atoms with Crippen LogP contribution in [0.5, 0.6) is 0 Å². The van der Waals surface area contributed by atoms with E-state index in [4.69, 9.17) is 5.11 Å². The highest BCUT2D eigenvalue weighted by Gasteiger charge is 2.30. The van der Waals surface area contributed by atoms with Crippen molar-refractivity contribution in [1.82, 2.24) is 10.6 Å². The molecule has 1 heterocycles. The topological polar surface area (TPSA) is 95.5 Å². The third kappa shape index (κ3) is 4.56. The predicted octanol–water partition coefficient (Wildman–Crippen LogP) is 1.24. The Bertz CT molecular complexity index is 515. The van der Waals surface area contributed by atoms with Gasteiger partial charge in [-0.2, -0.15) is 11.3 Å². The van der Waals surface area contributed by atoms with Gasteiger partial charge in [0.1, 0.15) is 0 Å². The molecule has 0 bridgehead atoms. The van der Waals surface area contributed by atoms with Crippen LogP contribution in [0.2, 0.25) is 0 Å². The number of rotatable bonds is 6. The summed E-state index contributed by atoms with van der Waals surface area (Å²) >= 11 is 1.44. The highest BCUT2D eigenvalue weighted by atomic mass is 32.1. The molecule has 0 aromatic carbocycles. The maximum absolute atomic E-state index is 11.7. The van der Waals surface area contributed by atoms with Crippen molar-refractivity contribution in [3.63, 3.8) is 0 Å². The minimum Gasteiger partial charge on any atom is -0.481 e. The molecule has 2 atom stereocenters. The summed E-state index contributed by atoms with van der Waals surface area (Å²) in [6, 6.07) is 1.66. The fraction of sp³-hybridized carbons (Fsp3) is 0.500. The zero-order valence-electron chi connectivity index (χ0n) is 11.5. The van der Waals surface area contributed by atoms with Gasteiger partial charge in [0.05, 0.1) is 5.92 Å². The molecule has 0 aliphatic heterocycles. The molecule has 3 N–H and O–H groups in total. The van der Waals surface area contributed by atoms with Crippen LogP contribution in [0.1, 0.15) is 36.0 Å². The van der Waals surface area contributed by atoms with Gasteiger partial charge in [0.25, 0.3) is 5.91 Å². The van der Waals surface area contributed by atoms with Gasteiger partial charge in [-0.25, -0.2) is 0 Å². The first-order chi connectivity index (χ1) is 10.1. The highest BCUT2D eigenvalue weighted by molar-refractivity contribution is 7.08. The molecule has 1 aliphatic carbocycles. The molecule has 1 aromatic rings. The SMILES string of the molecule is O=C(CCNC(=O)c1ccsc1)N[C@H]1CC[C@@H](C(=O)O)C1. The Morgan fingerprint density at radius 1 is 1.33 bits per heavy atom.